The molecule has 2 aromatic rings. The highest BCUT2D eigenvalue weighted by atomic mass is 35.5. The maximum absolute atomic E-state index is 14.3. The number of amides is 2. The zero-order valence-electron chi connectivity index (χ0n) is 22.3. The number of piperazine rings is 1. The van der Waals surface area contributed by atoms with E-state index in [9.17, 15) is 19.7 Å². The standard InChI is InChI=1S/C28H33ClN4O6/c1-27(2,3)39-26(35)31-12-13-32(23(15-31)20-6-4-5-7-22(20)29)25(34)19-9-8-18(33(36)37)14-21(19)24-28(17-38-24)10-11-30-16-28/h4-9,14,23-24,30H,10-13,15-17H2,1-3H3. The smallest absolute Gasteiger partial charge is 0.410 e. The Hall–Kier alpha value is -3.21. The van der Waals surface area contributed by atoms with E-state index in [1.54, 1.807) is 15.9 Å². The molecule has 0 saturated carbocycles. The fraction of sp³-hybridized carbons (Fsp3) is 0.500. The Morgan fingerprint density at radius 1 is 1.18 bits per heavy atom. The van der Waals surface area contributed by atoms with Crippen molar-refractivity contribution in [2.45, 2.75) is 44.9 Å². The van der Waals surface area contributed by atoms with Crippen LogP contribution >= 0.6 is 11.6 Å². The summed E-state index contributed by atoms with van der Waals surface area (Å²) in [4.78, 5) is 41.7. The summed E-state index contributed by atoms with van der Waals surface area (Å²) in [6, 6.07) is 11.1. The fourth-order valence-electron chi connectivity index (χ4n) is 5.69. The fourth-order valence-corrected chi connectivity index (χ4v) is 5.95. The number of nitro benzene ring substituents is 1. The van der Waals surface area contributed by atoms with E-state index in [4.69, 9.17) is 21.1 Å². The first-order valence-electron chi connectivity index (χ1n) is 13.1. The molecule has 0 bridgehead atoms. The summed E-state index contributed by atoms with van der Waals surface area (Å²) in [5.41, 5.74) is 0.653. The van der Waals surface area contributed by atoms with Crippen LogP contribution in [0, 0.1) is 15.5 Å². The molecule has 0 aliphatic carbocycles. The molecule has 5 rings (SSSR count). The number of hydrogen-bond donors (Lipinski definition) is 1. The SMILES string of the molecule is CC(C)(C)OC(=O)N1CCN(C(=O)c2ccc([N+](=O)[O-])cc2C2OCC23CCNC3)C(c2ccccc2Cl)C1. The maximum atomic E-state index is 14.3. The number of carbonyl (C=O) groups is 2. The molecular formula is C28H33ClN4O6. The third-order valence-corrected chi connectivity index (χ3v) is 8.03. The van der Waals surface area contributed by atoms with E-state index in [0.29, 0.717) is 28.3 Å². The highest BCUT2D eigenvalue weighted by Gasteiger charge is 2.52. The number of nitro groups is 1. The van der Waals surface area contributed by atoms with E-state index < -0.39 is 28.8 Å². The number of non-ortho nitro benzene ring substituents is 1. The minimum atomic E-state index is -0.661. The molecule has 3 atom stereocenters. The molecule has 39 heavy (non-hydrogen) atoms. The molecule has 11 heteroatoms. The lowest BCUT2D eigenvalue weighted by Gasteiger charge is -2.47. The van der Waals surface area contributed by atoms with Crippen molar-refractivity contribution in [2.75, 3.05) is 39.3 Å². The lowest BCUT2D eigenvalue weighted by atomic mass is 9.73. The highest BCUT2D eigenvalue weighted by molar-refractivity contribution is 6.31. The summed E-state index contributed by atoms with van der Waals surface area (Å²) < 4.78 is 11.6. The molecular weight excluding hydrogens is 524 g/mol. The first-order valence-corrected chi connectivity index (χ1v) is 13.5. The molecule has 3 aliphatic heterocycles. The predicted molar refractivity (Wildman–Crippen MR) is 145 cm³/mol. The average Bonchev–Trinajstić information content (AvgIpc) is 3.39. The van der Waals surface area contributed by atoms with Gasteiger partial charge in [-0.2, -0.15) is 0 Å². The number of nitrogens with zero attached hydrogens (tertiary/aromatic N) is 3. The van der Waals surface area contributed by atoms with Gasteiger partial charge in [0.25, 0.3) is 11.6 Å². The van der Waals surface area contributed by atoms with Crippen LogP contribution in [0.4, 0.5) is 10.5 Å². The summed E-state index contributed by atoms with van der Waals surface area (Å²) in [5.74, 6) is -0.287. The van der Waals surface area contributed by atoms with E-state index in [0.717, 1.165) is 19.5 Å². The molecule has 1 spiro atoms. The number of ether oxygens (including phenoxy) is 2. The van der Waals surface area contributed by atoms with Crippen molar-refractivity contribution in [3.05, 3.63) is 74.3 Å². The monoisotopic (exact) mass is 556 g/mol. The third kappa shape index (κ3) is 5.33. The molecule has 0 radical (unpaired) electrons. The van der Waals surface area contributed by atoms with Gasteiger partial charge in [-0.05, 0) is 51.4 Å². The van der Waals surface area contributed by atoms with Gasteiger partial charge >= 0.3 is 6.09 Å². The lowest BCUT2D eigenvalue weighted by Crippen LogP contribution is -2.53. The van der Waals surface area contributed by atoms with Gasteiger partial charge in [0.1, 0.15) is 5.60 Å². The van der Waals surface area contributed by atoms with E-state index in [-0.39, 0.29) is 36.6 Å². The predicted octanol–water partition coefficient (Wildman–Crippen LogP) is 4.73. The number of rotatable bonds is 4. The van der Waals surface area contributed by atoms with Crippen molar-refractivity contribution in [3.8, 4) is 0 Å². The van der Waals surface area contributed by atoms with Crippen molar-refractivity contribution in [1.82, 2.24) is 15.1 Å². The molecule has 10 nitrogen and oxygen atoms in total. The summed E-state index contributed by atoms with van der Waals surface area (Å²) in [6.45, 7) is 8.23. The molecule has 3 aliphatic rings. The van der Waals surface area contributed by atoms with Gasteiger partial charge in [-0.15, -0.1) is 0 Å². The minimum absolute atomic E-state index is 0.0874. The van der Waals surface area contributed by atoms with Gasteiger partial charge < -0.3 is 24.6 Å². The van der Waals surface area contributed by atoms with Crippen LogP contribution in [-0.4, -0.2) is 71.7 Å². The second kappa shape index (κ2) is 10.4. The Labute approximate surface area is 232 Å². The number of halogens is 1. The van der Waals surface area contributed by atoms with Crippen LogP contribution in [0.15, 0.2) is 42.5 Å². The molecule has 2 aromatic carbocycles. The lowest BCUT2D eigenvalue weighted by molar-refractivity contribution is -0.385. The van der Waals surface area contributed by atoms with Crippen molar-refractivity contribution in [3.63, 3.8) is 0 Å². The van der Waals surface area contributed by atoms with Crippen molar-refractivity contribution in [2.24, 2.45) is 5.41 Å². The van der Waals surface area contributed by atoms with Gasteiger partial charge in [0.05, 0.1) is 23.7 Å². The number of hydrogen-bond acceptors (Lipinski definition) is 7. The van der Waals surface area contributed by atoms with Crippen LogP contribution in [0.2, 0.25) is 5.02 Å². The second-order valence-electron chi connectivity index (χ2n) is 11.5. The first kappa shape index (κ1) is 27.4. The van der Waals surface area contributed by atoms with Gasteiger partial charge in [0.15, 0.2) is 0 Å². The third-order valence-electron chi connectivity index (χ3n) is 7.69. The zero-order chi connectivity index (χ0) is 27.9. The minimum Gasteiger partial charge on any atom is -0.444 e. The average molecular weight is 557 g/mol. The van der Waals surface area contributed by atoms with Crippen LogP contribution in [0.25, 0.3) is 0 Å². The Morgan fingerprint density at radius 3 is 2.56 bits per heavy atom. The summed E-state index contributed by atoms with van der Waals surface area (Å²) in [5, 5.41) is 15.5. The van der Waals surface area contributed by atoms with Gasteiger partial charge in [-0.3, -0.25) is 14.9 Å². The zero-order valence-corrected chi connectivity index (χ0v) is 23.1. The topological polar surface area (TPSA) is 114 Å². The Morgan fingerprint density at radius 2 is 1.95 bits per heavy atom. The van der Waals surface area contributed by atoms with Crippen LogP contribution in [0.1, 0.15) is 60.8 Å². The summed E-state index contributed by atoms with van der Waals surface area (Å²) in [7, 11) is 0. The van der Waals surface area contributed by atoms with Gasteiger partial charge in [-0.1, -0.05) is 29.8 Å². The van der Waals surface area contributed by atoms with Crippen LogP contribution in [0.5, 0.6) is 0 Å². The van der Waals surface area contributed by atoms with Gasteiger partial charge in [0.2, 0.25) is 0 Å². The molecule has 0 aromatic heterocycles. The van der Waals surface area contributed by atoms with Crippen LogP contribution in [-0.2, 0) is 9.47 Å². The van der Waals surface area contributed by atoms with Crippen LogP contribution < -0.4 is 5.32 Å². The largest absolute Gasteiger partial charge is 0.444 e. The maximum Gasteiger partial charge on any atom is 0.410 e. The molecule has 3 unspecified atom stereocenters. The number of benzene rings is 2. The summed E-state index contributed by atoms with van der Waals surface area (Å²) in [6.07, 6.45) is -0.0143. The first-order chi connectivity index (χ1) is 18.5. The Bertz CT molecular complexity index is 1290. The van der Waals surface area contributed by atoms with E-state index >= 15 is 0 Å². The molecule has 3 heterocycles. The molecule has 3 saturated heterocycles. The Kier molecular flexibility index (Phi) is 7.30. The van der Waals surface area contributed by atoms with Crippen molar-refractivity contribution in [1.29, 1.82) is 0 Å². The Balaban J connectivity index is 1.51. The molecule has 2 amide bonds. The molecule has 208 valence electrons. The van der Waals surface area contributed by atoms with Crippen molar-refractivity contribution >= 4 is 29.3 Å². The quantitative estimate of drug-likeness (QED) is 0.427. The number of carbonyl (C=O) groups excluding carboxylic acids is 2. The molecule has 3 fully saturated rings. The van der Waals surface area contributed by atoms with Gasteiger partial charge in [-0.25, -0.2) is 4.79 Å². The van der Waals surface area contributed by atoms with Crippen molar-refractivity contribution < 1.29 is 24.0 Å². The highest BCUT2D eigenvalue weighted by Crippen LogP contribution is 2.51. The summed E-state index contributed by atoms with van der Waals surface area (Å²) >= 11 is 6.58. The van der Waals surface area contributed by atoms with E-state index in [2.05, 4.69) is 5.32 Å². The molecule has 1 N–H and O–H groups in total. The second-order valence-corrected chi connectivity index (χ2v) is 11.9. The van der Waals surface area contributed by atoms with Crippen LogP contribution in [0.3, 0.4) is 0 Å². The van der Waals surface area contributed by atoms with E-state index in [1.807, 2.05) is 39.0 Å². The number of nitrogens with one attached hydrogen (secondary N) is 1. The normalized spacial score (nSPS) is 24.9. The van der Waals surface area contributed by atoms with E-state index in [1.165, 1.54) is 18.2 Å². The van der Waals surface area contributed by atoms with Gasteiger partial charge in [0, 0.05) is 59.9 Å².